The van der Waals surface area contributed by atoms with E-state index in [9.17, 15) is 4.79 Å². The molecule has 0 atom stereocenters. The molecule has 94 valence electrons. The molecule has 0 heterocycles. The van der Waals surface area contributed by atoms with Gasteiger partial charge in [-0.05, 0) is 37.1 Å². The normalized spacial score (nSPS) is 14.2. The van der Waals surface area contributed by atoms with Crippen LogP contribution >= 0.6 is 0 Å². The molecule has 2 rings (SSSR count). The van der Waals surface area contributed by atoms with Crippen molar-refractivity contribution >= 4 is 5.78 Å². The number of carbonyl (C=O) groups is 1. The lowest BCUT2D eigenvalue weighted by atomic mass is 9.98. The minimum Gasteiger partial charge on any atom is -0.491 e. The fraction of sp³-hybridized carbons (Fsp3) is 0.267. The van der Waals surface area contributed by atoms with Crippen LogP contribution in [0.3, 0.4) is 0 Å². The van der Waals surface area contributed by atoms with E-state index in [1.807, 2.05) is 18.2 Å². The summed E-state index contributed by atoms with van der Waals surface area (Å²) >= 11 is 0. The molecule has 1 N–H and O–H groups in total. The van der Waals surface area contributed by atoms with Crippen molar-refractivity contribution < 1.29 is 14.6 Å². The van der Waals surface area contributed by atoms with E-state index < -0.39 is 0 Å². The number of ketones is 1. The topological polar surface area (TPSA) is 46.5 Å². The highest BCUT2D eigenvalue weighted by Gasteiger charge is 2.11. The van der Waals surface area contributed by atoms with Gasteiger partial charge in [0.1, 0.15) is 12.4 Å². The van der Waals surface area contributed by atoms with Gasteiger partial charge in [-0.3, -0.25) is 4.79 Å². The zero-order chi connectivity index (χ0) is 12.8. The molecule has 0 amide bonds. The van der Waals surface area contributed by atoms with E-state index in [2.05, 4.69) is 0 Å². The summed E-state index contributed by atoms with van der Waals surface area (Å²) < 4.78 is 5.25. The number of hydrogen-bond acceptors (Lipinski definition) is 3. The highest BCUT2D eigenvalue weighted by Crippen LogP contribution is 2.18. The van der Waals surface area contributed by atoms with Gasteiger partial charge in [0, 0.05) is 11.1 Å². The molecule has 0 saturated heterocycles. The van der Waals surface area contributed by atoms with Crippen molar-refractivity contribution in [1.29, 1.82) is 0 Å². The van der Waals surface area contributed by atoms with Crippen LogP contribution in [0.5, 0.6) is 5.75 Å². The van der Waals surface area contributed by atoms with Gasteiger partial charge in [-0.15, -0.1) is 0 Å². The van der Waals surface area contributed by atoms with E-state index >= 15 is 0 Å². The maximum absolute atomic E-state index is 12.1. The number of ether oxygens (including phenoxy) is 1. The van der Waals surface area contributed by atoms with Crippen LogP contribution in [0.25, 0.3) is 0 Å². The summed E-state index contributed by atoms with van der Waals surface area (Å²) in [5.74, 6) is 0.702. The lowest BCUT2D eigenvalue weighted by molar-refractivity contribution is 0.103. The fourth-order valence-corrected chi connectivity index (χ4v) is 1.81. The van der Waals surface area contributed by atoms with Gasteiger partial charge < -0.3 is 9.84 Å². The predicted molar refractivity (Wildman–Crippen MR) is 69.8 cm³/mol. The lowest BCUT2D eigenvalue weighted by Gasteiger charge is -2.07. The van der Waals surface area contributed by atoms with Gasteiger partial charge in [-0.25, -0.2) is 0 Å². The summed E-state index contributed by atoms with van der Waals surface area (Å²) in [7, 11) is 0. The number of rotatable bonds is 5. The second kappa shape index (κ2) is 6.17. The first kappa shape index (κ1) is 12.6. The zero-order valence-corrected chi connectivity index (χ0v) is 10.1. The Morgan fingerprint density at radius 3 is 2.61 bits per heavy atom. The number of aliphatic hydroxyl groups is 1. The van der Waals surface area contributed by atoms with Crippen LogP contribution in [0.4, 0.5) is 0 Å². The SMILES string of the molecule is O=C(C1=CCCC=C1)c1ccc(OCCO)cc1. The van der Waals surface area contributed by atoms with E-state index in [4.69, 9.17) is 9.84 Å². The van der Waals surface area contributed by atoms with Crippen molar-refractivity contribution in [2.24, 2.45) is 0 Å². The molecule has 1 aromatic rings. The molecule has 0 aliphatic heterocycles. The molecule has 0 spiro atoms. The van der Waals surface area contributed by atoms with Crippen LogP contribution in [0.2, 0.25) is 0 Å². The van der Waals surface area contributed by atoms with Crippen molar-refractivity contribution in [3.05, 3.63) is 53.6 Å². The van der Waals surface area contributed by atoms with Crippen molar-refractivity contribution in [3.8, 4) is 5.75 Å². The predicted octanol–water partition coefficient (Wildman–Crippen LogP) is 2.52. The summed E-state index contributed by atoms with van der Waals surface area (Å²) in [6.07, 6.45) is 7.80. The molecule has 0 fully saturated rings. The van der Waals surface area contributed by atoms with Crippen molar-refractivity contribution in [2.75, 3.05) is 13.2 Å². The van der Waals surface area contributed by atoms with Crippen molar-refractivity contribution in [3.63, 3.8) is 0 Å². The molecule has 1 aliphatic carbocycles. The fourth-order valence-electron chi connectivity index (χ4n) is 1.81. The Kier molecular flexibility index (Phi) is 4.31. The van der Waals surface area contributed by atoms with Crippen LogP contribution in [0.1, 0.15) is 23.2 Å². The minimum absolute atomic E-state index is 0.0155. The number of benzene rings is 1. The first-order valence-corrected chi connectivity index (χ1v) is 6.06. The van der Waals surface area contributed by atoms with Crippen molar-refractivity contribution in [2.45, 2.75) is 12.8 Å². The Morgan fingerprint density at radius 2 is 2.00 bits per heavy atom. The standard InChI is InChI=1S/C15H16O3/c16-10-11-18-14-8-6-13(7-9-14)15(17)12-4-2-1-3-5-12/h2,4-9,16H,1,3,10-11H2. The molecule has 3 heteroatoms. The quantitative estimate of drug-likeness (QED) is 0.809. The van der Waals surface area contributed by atoms with Crippen LogP contribution in [0.15, 0.2) is 48.1 Å². The van der Waals surface area contributed by atoms with Crippen LogP contribution in [-0.2, 0) is 0 Å². The highest BCUT2D eigenvalue weighted by molar-refractivity contribution is 6.10. The second-order valence-electron chi connectivity index (χ2n) is 4.06. The summed E-state index contributed by atoms with van der Waals surface area (Å²) in [6, 6.07) is 6.99. The van der Waals surface area contributed by atoms with E-state index in [0.717, 1.165) is 18.4 Å². The van der Waals surface area contributed by atoms with Gasteiger partial charge in [0.2, 0.25) is 0 Å². The van der Waals surface area contributed by atoms with E-state index in [-0.39, 0.29) is 19.0 Å². The Bertz CT molecular complexity index is 469. The molecule has 0 radical (unpaired) electrons. The molecule has 0 unspecified atom stereocenters. The molecular weight excluding hydrogens is 228 g/mol. The highest BCUT2D eigenvalue weighted by atomic mass is 16.5. The maximum Gasteiger partial charge on any atom is 0.192 e. The second-order valence-corrected chi connectivity index (χ2v) is 4.06. The Morgan fingerprint density at radius 1 is 1.22 bits per heavy atom. The third-order valence-corrected chi connectivity index (χ3v) is 2.73. The first-order chi connectivity index (χ1) is 8.81. The number of Topliss-reactive ketones (excluding diaryl/α,β-unsaturated/α-hetero) is 1. The average molecular weight is 244 g/mol. The third kappa shape index (κ3) is 3.08. The average Bonchev–Trinajstić information content (AvgIpc) is 2.46. The van der Waals surface area contributed by atoms with Crippen molar-refractivity contribution in [1.82, 2.24) is 0 Å². The third-order valence-electron chi connectivity index (χ3n) is 2.73. The molecule has 0 saturated carbocycles. The molecule has 1 aromatic carbocycles. The van der Waals surface area contributed by atoms with Gasteiger partial charge in [0.15, 0.2) is 5.78 Å². The molecule has 0 bridgehead atoms. The minimum atomic E-state index is -0.0155. The van der Waals surface area contributed by atoms with E-state index in [0.29, 0.717) is 11.3 Å². The van der Waals surface area contributed by atoms with Gasteiger partial charge >= 0.3 is 0 Å². The largest absolute Gasteiger partial charge is 0.491 e. The molecule has 1 aliphatic rings. The molecule has 0 aromatic heterocycles. The number of allylic oxidation sites excluding steroid dienone is 4. The van der Waals surface area contributed by atoms with Gasteiger partial charge in [0.05, 0.1) is 6.61 Å². The zero-order valence-electron chi connectivity index (χ0n) is 10.1. The van der Waals surface area contributed by atoms with Crippen LogP contribution in [0, 0.1) is 0 Å². The summed E-state index contributed by atoms with van der Waals surface area (Å²) in [6.45, 7) is 0.250. The lowest BCUT2D eigenvalue weighted by Crippen LogP contribution is -2.04. The number of hydrogen-bond donors (Lipinski definition) is 1. The van der Waals surface area contributed by atoms with E-state index in [1.165, 1.54) is 0 Å². The van der Waals surface area contributed by atoms with Gasteiger partial charge in [-0.2, -0.15) is 0 Å². The van der Waals surface area contributed by atoms with Gasteiger partial charge in [-0.1, -0.05) is 18.2 Å². The van der Waals surface area contributed by atoms with Crippen LogP contribution in [-0.4, -0.2) is 24.1 Å². The maximum atomic E-state index is 12.1. The van der Waals surface area contributed by atoms with Gasteiger partial charge in [0.25, 0.3) is 0 Å². The molecular formula is C15H16O3. The molecule has 18 heavy (non-hydrogen) atoms. The van der Waals surface area contributed by atoms with Crippen LogP contribution < -0.4 is 4.74 Å². The first-order valence-electron chi connectivity index (χ1n) is 6.06. The Balaban J connectivity index is 2.07. The Labute approximate surface area is 106 Å². The summed E-state index contributed by atoms with van der Waals surface area (Å²) in [5.41, 5.74) is 1.41. The smallest absolute Gasteiger partial charge is 0.192 e. The molecule has 3 nitrogen and oxygen atoms in total. The summed E-state index contributed by atoms with van der Waals surface area (Å²) in [5, 5.41) is 8.65. The monoisotopic (exact) mass is 244 g/mol. The number of carbonyl (C=O) groups excluding carboxylic acids is 1. The Hall–Kier alpha value is -1.87. The van der Waals surface area contributed by atoms with E-state index in [1.54, 1.807) is 24.3 Å². The summed E-state index contributed by atoms with van der Waals surface area (Å²) in [4.78, 5) is 12.1. The number of aliphatic hydroxyl groups excluding tert-OH is 1.